The highest BCUT2D eigenvalue weighted by Gasteiger charge is 2.31. The molecule has 0 aliphatic carbocycles. The molecule has 0 fully saturated rings. The van der Waals surface area contributed by atoms with Crippen LogP contribution in [0.5, 0.6) is 0 Å². The molecule has 0 bridgehead atoms. The Balaban J connectivity index is 2.39. The quantitative estimate of drug-likeness (QED) is 0.883. The molecule has 0 saturated carbocycles. The number of anilines is 1. The Morgan fingerprint density at radius 2 is 1.86 bits per heavy atom. The first-order valence-corrected chi connectivity index (χ1v) is 7.78. The molecule has 4 nitrogen and oxygen atoms in total. The molecule has 2 aromatic rings. The second-order valence-electron chi connectivity index (χ2n) is 3.96. The number of nitrogens with one attached hydrogen (secondary N) is 1. The van der Waals surface area contributed by atoms with Crippen LogP contribution in [0.4, 0.5) is 19.0 Å². The summed E-state index contributed by atoms with van der Waals surface area (Å²) < 4.78 is 64.5. The van der Waals surface area contributed by atoms with Gasteiger partial charge in [-0.05, 0) is 46.3 Å². The van der Waals surface area contributed by atoms with Gasteiger partial charge < -0.3 is 0 Å². The van der Waals surface area contributed by atoms with Gasteiger partial charge in [-0.25, -0.2) is 13.4 Å². The molecule has 112 valence electrons. The average molecular weight is 381 g/mol. The first kappa shape index (κ1) is 15.8. The Morgan fingerprint density at radius 1 is 1.14 bits per heavy atom. The van der Waals surface area contributed by atoms with E-state index in [1.54, 1.807) is 12.1 Å². The van der Waals surface area contributed by atoms with Gasteiger partial charge in [0.15, 0.2) is 5.82 Å². The number of nitrogens with zero attached hydrogens (tertiary/aromatic N) is 1. The molecule has 0 radical (unpaired) electrons. The van der Waals surface area contributed by atoms with Gasteiger partial charge >= 0.3 is 6.18 Å². The molecule has 21 heavy (non-hydrogen) atoms. The molecule has 0 atom stereocenters. The van der Waals surface area contributed by atoms with Crippen molar-refractivity contribution in [3.05, 3.63) is 52.6 Å². The van der Waals surface area contributed by atoms with Gasteiger partial charge in [-0.1, -0.05) is 6.07 Å². The minimum Gasteiger partial charge on any atom is -0.262 e. The van der Waals surface area contributed by atoms with E-state index in [1.807, 2.05) is 0 Å². The Kier molecular flexibility index (Phi) is 4.24. The lowest BCUT2D eigenvalue weighted by Crippen LogP contribution is -2.15. The van der Waals surface area contributed by atoms with Crippen molar-refractivity contribution < 1.29 is 21.6 Å². The largest absolute Gasteiger partial charge is 0.416 e. The van der Waals surface area contributed by atoms with Crippen LogP contribution in [0.2, 0.25) is 0 Å². The van der Waals surface area contributed by atoms with Gasteiger partial charge in [0.05, 0.1) is 14.9 Å². The zero-order chi connectivity index (χ0) is 15.7. The van der Waals surface area contributed by atoms with Crippen LogP contribution in [0.1, 0.15) is 5.56 Å². The van der Waals surface area contributed by atoms with Crippen LogP contribution in [0.3, 0.4) is 0 Å². The zero-order valence-corrected chi connectivity index (χ0v) is 12.6. The minimum absolute atomic E-state index is 0.00471. The molecule has 1 heterocycles. The van der Waals surface area contributed by atoms with Crippen molar-refractivity contribution in [2.75, 3.05) is 4.72 Å². The second-order valence-corrected chi connectivity index (χ2v) is 6.50. The Labute approximate surface area is 127 Å². The van der Waals surface area contributed by atoms with E-state index in [2.05, 4.69) is 25.6 Å². The van der Waals surface area contributed by atoms with Crippen LogP contribution in [-0.2, 0) is 16.2 Å². The van der Waals surface area contributed by atoms with Crippen molar-refractivity contribution in [1.29, 1.82) is 0 Å². The SMILES string of the molecule is O=S(=O)(Nc1ncccc1Br)c1cccc(C(F)(F)F)c1. The zero-order valence-electron chi connectivity index (χ0n) is 10.2. The highest BCUT2D eigenvalue weighted by atomic mass is 79.9. The van der Waals surface area contributed by atoms with Crippen LogP contribution in [0.15, 0.2) is 52.0 Å². The molecule has 0 aliphatic heterocycles. The Bertz CT molecular complexity index is 763. The number of aromatic nitrogens is 1. The van der Waals surface area contributed by atoms with Crippen LogP contribution in [-0.4, -0.2) is 13.4 Å². The van der Waals surface area contributed by atoms with E-state index < -0.39 is 26.7 Å². The lowest BCUT2D eigenvalue weighted by Gasteiger charge is -2.11. The summed E-state index contributed by atoms with van der Waals surface area (Å²) in [5, 5.41) is 0. The Hall–Kier alpha value is -1.61. The summed E-state index contributed by atoms with van der Waals surface area (Å²) in [5.41, 5.74) is -1.04. The summed E-state index contributed by atoms with van der Waals surface area (Å²) in [4.78, 5) is 3.31. The number of halogens is 4. The number of rotatable bonds is 3. The highest BCUT2D eigenvalue weighted by Crippen LogP contribution is 2.31. The molecule has 0 unspecified atom stereocenters. The van der Waals surface area contributed by atoms with Crippen molar-refractivity contribution in [1.82, 2.24) is 4.98 Å². The lowest BCUT2D eigenvalue weighted by atomic mass is 10.2. The van der Waals surface area contributed by atoms with Crippen LogP contribution < -0.4 is 4.72 Å². The lowest BCUT2D eigenvalue weighted by molar-refractivity contribution is -0.137. The van der Waals surface area contributed by atoms with Crippen LogP contribution >= 0.6 is 15.9 Å². The molecule has 0 amide bonds. The predicted molar refractivity (Wildman–Crippen MR) is 74.2 cm³/mol. The number of benzene rings is 1. The molecule has 1 N–H and O–H groups in total. The van der Waals surface area contributed by atoms with E-state index in [4.69, 9.17) is 0 Å². The number of alkyl halides is 3. The third-order valence-electron chi connectivity index (χ3n) is 2.46. The maximum Gasteiger partial charge on any atom is 0.416 e. The molecule has 1 aromatic carbocycles. The summed E-state index contributed by atoms with van der Waals surface area (Å²) in [7, 11) is -4.16. The van der Waals surface area contributed by atoms with E-state index in [-0.39, 0.29) is 5.82 Å². The van der Waals surface area contributed by atoms with Crippen molar-refractivity contribution in [3.8, 4) is 0 Å². The molecule has 2 rings (SSSR count). The average Bonchev–Trinajstić information content (AvgIpc) is 2.40. The summed E-state index contributed by atoms with van der Waals surface area (Å²) in [6, 6.07) is 6.61. The van der Waals surface area contributed by atoms with Gasteiger partial charge in [0.1, 0.15) is 0 Å². The Morgan fingerprint density at radius 3 is 2.48 bits per heavy atom. The first-order chi connectivity index (χ1) is 9.70. The fourth-order valence-electron chi connectivity index (χ4n) is 1.49. The number of hydrogen-bond donors (Lipinski definition) is 1. The molecule has 0 saturated heterocycles. The summed E-state index contributed by atoms with van der Waals surface area (Å²) in [5.74, 6) is -0.00471. The first-order valence-electron chi connectivity index (χ1n) is 5.51. The molecule has 0 spiro atoms. The fourth-order valence-corrected chi connectivity index (χ4v) is 3.05. The van der Waals surface area contributed by atoms with Gasteiger partial charge in [0.2, 0.25) is 0 Å². The van der Waals surface area contributed by atoms with Crippen molar-refractivity contribution in [2.24, 2.45) is 0 Å². The second kappa shape index (κ2) is 5.64. The van der Waals surface area contributed by atoms with E-state index in [0.717, 1.165) is 18.2 Å². The van der Waals surface area contributed by atoms with E-state index in [1.165, 1.54) is 6.20 Å². The van der Waals surface area contributed by atoms with E-state index >= 15 is 0 Å². The van der Waals surface area contributed by atoms with Gasteiger partial charge in [0.25, 0.3) is 10.0 Å². The maximum atomic E-state index is 12.6. The summed E-state index contributed by atoms with van der Waals surface area (Å²) >= 11 is 3.10. The summed E-state index contributed by atoms with van der Waals surface area (Å²) in [6.45, 7) is 0. The summed E-state index contributed by atoms with van der Waals surface area (Å²) in [6.07, 6.45) is -3.26. The van der Waals surface area contributed by atoms with Crippen LogP contribution in [0.25, 0.3) is 0 Å². The molecular formula is C12H8BrF3N2O2S. The van der Waals surface area contributed by atoms with Gasteiger partial charge in [-0.3, -0.25) is 4.72 Å². The molecule has 0 aliphatic rings. The fraction of sp³-hybridized carbons (Fsp3) is 0.0833. The van der Waals surface area contributed by atoms with Gasteiger partial charge in [-0.15, -0.1) is 0 Å². The molecular weight excluding hydrogens is 373 g/mol. The normalized spacial score (nSPS) is 12.2. The molecule has 9 heteroatoms. The van der Waals surface area contributed by atoms with Gasteiger partial charge in [-0.2, -0.15) is 13.2 Å². The van der Waals surface area contributed by atoms with Crippen molar-refractivity contribution in [2.45, 2.75) is 11.1 Å². The molecule has 1 aromatic heterocycles. The van der Waals surface area contributed by atoms with Crippen molar-refractivity contribution in [3.63, 3.8) is 0 Å². The topological polar surface area (TPSA) is 59.1 Å². The van der Waals surface area contributed by atoms with Crippen LogP contribution in [0, 0.1) is 0 Å². The number of hydrogen-bond acceptors (Lipinski definition) is 3. The predicted octanol–water partition coefficient (Wildman–Crippen LogP) is 3.66. The smallest absolute Gasteiger partial charge is 0.262 e. The third kappa shape index (κ3) is 3.73. The highest BCUT2D eigenvalue weighted by molar-refractivity contribution is 9.10. The third-order valence-corrected chi connectivity index (χ3v) is 4.44. The number of pyridine rings is 1. The monoisotopic (exact) mass is 380 g/mol. The number of sulfonamides is 1. The van der Waals surface area contributed by atoms with E-state index in [0.29, 0.717) is 10.5 Å². The van der Waals surface area contributed by atoms with Crippen molar-refractivity contribution >= 4 is 31.8 Å². The van der Waals surface area contributed by atoms with E-state index in [9.17, 15) is 21.6 Å². The maximum absolute atomic E-state index is 12.6. The minimum atomic E-state index is -4.61. The standard InChI is InChI=1S/C12H8BrF3N2O2S/c13-10-5-2-6-17-11(10)18-21(19,20)9-4-1-3-8(7-9)12(14,15)16/h1-7H,(H,17,18). The van der Waals surface area contributed by atoms with Gasteiger partial charge in [0, 0.05) is 6.20 Å².